The van der Waals surface area contributed by atoms with Gasteiger partial charge < -0.3 is 0 Å². The summed E-state index contributed by atoms with van der Waals surface area (Å²) in [6, 6.07) is 8.88. The second kappa shape index (κ2) is 7.13. The molecular weight excluding hydrogens is 300 g/mol. The zero-order valence-electron chi connectivity index (χ0n) is 12.7. The summed E-state index contributed by atoms with van der Waals surface area (Å²) in [7, 11) is -0.944. The van der Waals surface area contributed by atoms with Gasteiger partial charge in [-0.05, 0) is 37.6 Å². The van der Waals surface area contributed by atoms with Crippen molar-refractivity contribution in [1.29, 1.82) is 0 Å². The van der Waals surface area contributed by atoms with Gasteiger partial charge in [0.05, 0.1) is 0 Å². The van der Waals surface area contributed by atoms with E-state index < -0.39 is 10.8 Å². The highest BCUT2D eigenvalue weighted by molar-refractivity contribution is 7.83. The second-order valence-corrected chi connectivity index (χ2v) is 6.41. The van der Waals surface area contributed by atoms with Crippen LogP contribution >= 0.6 is 0 Å². The average molecular weight is 318 g/mol. The number of carbonyl (C=O) groups excluding carboxylic acids is 1. The molecule has 7 heteroatoms. The smallest absolute Gasteiger partial charge is 0.267 e. The molecule has 0 aliphatic carbocycles. The molecule has 0 aliphatic rings. The lowest BCUT2D eigenvalue weighted by Gasteiger charge is -2.09. The maximum atomic E-state index is 12.1. The van der Waals surface area contributed by atoms with Crippen LogP contribution in [0.2, 0.25) is 0 Å². The minimum atomic E-state index is -0.944. The van der Waals surface area contributed by atoms with Crippen LogP contribution in [-0.2, 0) is 16.6 Å². The Morgan fingerprint density at radius 1 is 1.18 bits per heavy atom. The summed E-state index contributed by atoms with van der Waals surface area (Å²) in [6.07, 6.45) is 1.63. The van der Waals surface area contributed by atoms with Crippen LogP contribution in [0.5, 0.6) is 0 Å². The summed E-state index contributed by atoms with van der Waals surface area (Å²) >= 11 is 0. The molecule has 1 unspecified atom stereocenters. The molecule has 1 heterocycles. The number of hydrogen-bond donors (Lipinski definition) is 2. The van der Waals surface area contributed by atoms with Crippen LogP contribution < -0.4 is 10.9 Å². The fourth-order valence-corrected chi connectivity index (χ4v) is 2.65. The molecule has 0 fully saturated rings. The van der Waals surface area contributed by atoms with Gasteiger partial charge in [0.25, 0.3) is 5.91 Å². The Kier molecular flexibility index (Phi) is 5.21. The molecule has 1 amide bonds. The normalized spacial score (nSPS) is 11.8. The number of hydrogen-bond acceptors (Lipinski definition) is 5. The molecule has 22 heavy (non-hydrogen) atoms. The molecule has 6 nitrogen and oxygen atoms in total. The molecule has 116 valence electrons. The third-order valence-corrected chi connectivity index (χ3v) is 3.57. The van der Waals surface area contributed by atoms with Crippen LogP contribution in [0.1, 0.15) is 27.3 Å². The Bertz CT molecular complexity index is 698. The van der Waals surface area contributed by atoms with E-state index in [-0.39, 0.29) is 5.91 Å². The number of nitrogens with one attached hydrogen (secondary N) is 2. The number of aromatic nitrogens is 2. The van der Waals surface area contributed by atoms with Crippen LogP contribution in [0.25, 0.3) is 0 Å². The number of anilines is 1. The van der Waals surface area contributed by atoms with Crippen LogP contribution in [0.4, 0.5) is 5.95 Å². The predicted molar refractivity (Wildman–Crippen MR) is 86.8 cm³/mol. The van der Waals surface area contributed by atoms with E-state index in [2.05, 4.69) is 20.8 Å². The van der Waals surface area contributed by atoms with Crippen LogP contribution in [-0.4, -0.2) is 26.3 Å². The summed E-state index contributed by atoms with van der Waals surface area (Å²) in [4.78, 5) is 20.5. The molecule has 2 N–H and O–H groups in total. The minimum Gasteiger partial charge on any atom is -0.267 e. The topological polar surface area (TPSA) is 84.0 Å². The van der Waals surface area contributed by atoms with Crippen molar-refractivity contribution in [1.82, 2.24) is 15.4 Å². The summed E-state index contributed by atoms with van der Waals surface area (Å²) < 4.78 is 11.3. The fraction of sp³-hybridized carbons (Fsp3) is 0.267. The number of hydrazine groups is 1. The van der Waals surface area contributed by atoms with Crippen LogP contribution in [0.3, 0.4) is 0 Å². The van der Waals surface area contributed by atoms with E-state index in [1.807, 2.05) is 26.0 Å². The Morgan fingerprint density at radius 2 is 1.86 bits per heavy atom. The maximum absolute atomic E-state index is 12.1. The van der Waals surface area contributed by atoms with E-state index in [1.165, 1.54) is 0 Å². The zero-order valence-corrected chi connectivity index (χ0v) is 13.5. The van der Waals surface area contributed by atoms with Gasteiger partial charge >= 0.3 is 0 Å². The molecule has 0 spiro atoms. The van der Waals surface area contributed by atoms with Crippen molar-refractivity contribution in [2.75, 3.05) is 11.7 Å². The van der Waals surface area contributed by atoms with E-state index in [0.717, 1.165) is 17.0 Å². The number of aryl methyl sites for hydroxylation is 2. The van der Waals surface area contributed by atoms with Gasteiger partial charge in [0, 0.05) is 39.8 Å². The molecular formula is C15H18N4O2S. The van der Waals surface area contributed by atoms with Crippen LogP contribution in [0, 0.1) is 13.8 Å². The molecule has 2 aromatic rings. The highest BCUT2D eigenvalue weighted by atomic mass is 32.2. The Morgan fingerprint density at radius 3 is 2.50 bits per heavy atom. The largest absolute Gasteiger partial charge is 0.269 e. The van der Waals surface area contributed by atoms with Gasteiger partial charge in [-0.3, -0.25) is 19.9 Å². The number of benzene rings is 1. The lowest BCUT2D eigenvalue weighted by atomic mass is 10.1. The van der Waals surface area contributed by atoms with Gasteiger partial charge in [0.15, 0.2) is 0 Å². The monoisotopic (exact) mass is 318 g/mol. The third kappa shape index (κ3) is 4.63. The Balaban J connectivity index is 2.04. The van der Waals surface area contributed by atoms with E-state index in [1.54, 1.807) is 24.5 Å². The summed E-state index contributed by atoms with van der Waals surface area (Å²) in [6.45, 7) is 3.71. The van der Waals surface area contributed by atoms with E-state index in [0.29, 0.717) is 17.3 Å². The molecule has 0 bridgehead atoms. The summed E-state index contributed by atoms with van der Waals surface area (Å²) in [5.74, 6) is 0.470. The molecule has 0 saturated carbocycles. The predicted octanol–water partition coefficient (Wildman–Crippen LogP) is 1.73. The fourth-order valence-electron chi connectivity index (χ4n) is 2.00. The van der Waals surface area contributed by atoms with Gasteiger partial charge in [-0.1, -0.05) is 12.1 Å². The average Bonchev–Trinajstić information content (AvgIpc) is 2.43. The number of nitrogens with zero attached hydrogens (tertiary/aromatic N) is 2. The van der Waals surface area contributed by atoms with Gasteiger partial charge in [-0.15, -0.1) is 0 Å². The molecule has 2 rings (SSSR count). The first kappa shape index (κ1) is 16.1. The standard InChI is InChI=1S/C15H18N4O2S/c1-10-7-11(2)17-15(16-10)19-18-14(20)13-6-4-5-12(8-13)9-22(3)21/h4-8H,9H2,1-3H3,(H,18,20)(H,16,17,19). The first-order valence-electron chi connectivity index (χ1n) is 6.71. The third-order valence-electron chi connectivity index (χ3n) is 2.83. The lowest BCUT2D eigenvalue weighted by molar-refractivity contribution is 0.0962. The van der Waals surface area contributed by atoms with Crippen molar-refractivity contribution >= 4 is 22.7 Å². The van der Waals surface area contributed by atoms with Crippen molar-refractivity contribution in [3.63, 3.8) is 0 Å². The Hall–Kier alpha value is -2.28. The summed E-state index contributed by atoms with van der Waals surface area (Å²) in [5.41, 5.74) is 8.24. The quantitative estimate of drug-likeness (QED) is 0.820. The second-order valence-electron chi connectivity index (χ2n) is 4.97. The number of amides is 1. The highest BCUT2D eigenvalue weighted by Gasteiger charge is 2.07. The maximum Gasteiger partial charge on any atom is 0.269 e. The van der Waals surface area contributed by atoms with Crippen molar-refractivity contribution in [2.24, 2.45) is 0 Å². The minimum absolute atomic E-state index is 0.300. The molecule has 1 atom stereocenters. The first-order chi connectivity index (χ1) is 10.4. The molecule has 1 aromatic heterocycles. The number of carbonyl (C=O) groups is 1. The van der Waals surface area contributed by atoms with E-state index in [4.69, 9.17) is 0 Å². The van der Waals surface area contributed by atoms with Crippen molar-refractivity contribution in [2.45, 2.75) is 19.6 Å². The van der Waals surface area contributed by atoms with Crippen molar-refractivity contribution < 1.29 is 9.00 Å². The molecule has 0 radical (unpaired) electrons. The highest BCUT2D eigenvalue weighted by Crippen LogP contribution is 2.08. The van der Waals surface area contributed by atoms with Gasteiger partial charge in [0.2, 0.25) is 5.95 Å². The van der Waals surface area contributed by atoms with Gasteiger partial charge in [0.1, 0.15) is 0 Å². The molecule has 0 saturated heterocycles. The SMILES string of the molecule is Cc1cc(C)nc(NNC(=O)c2cccc(CS(C)=O)c2)n1. The zero-order chi connectivity index (χ0) is 16.1. The van der Waals surface area contributed by atoms with E-state index in [9.17, 15) is 9.00 Å². The first-order valence-corrected chi connectivity index (χ1v) is 8.44. The van der Waals surface area contributed by atoms with E-state index >= 15 is 0 Å². The lowest BCUT2D eigenvalue weighted by Crippen LogP contribution is -2.30. The van der Waals surface area contributed by atoms with Crippen LogP contribution in [0.15, 0.2) is 30.3 Å². The van der Waals surface area contributed by atoms with Crippen molar-refractivity contribution in [3.05, 3.63) is 52.8 Å². The van der Waals surface area contributed by atoms with Gasteiger partial charge in [-0.25, -0.2) is 9.97 Å². The molecule has 0 aliphatic heterocycles. The summed E-state index contributed by atoms with van der Waals surface area (Å²) in [5, 5.41) is 0. The molecule has 1 aromatic carbocycles. The number of rotatable bonds is 5. The Labute approximate surface area is 131 Å². The van der Waals surface area contributed by atoms with Gasteiger partial charge in [-0.2, -0.15) is 0 Å². The van der Waals surface area contributed by atoms with Crippen molar-refractivity contribution in [3.8, 4) is 0 Å².